The molecule has 10 nitrogen and oxygen atoms in total. The van der Waals surface area contributed by atoms with Crippen molar-refractivity contribution in [3.8, 4) is 11.5 Å². The lowest BCUT2D eigenvalue weighted by atomic mass is 10.1. The summed E-state index contributed by atoms with van der Waals surface area (Å²) in [4.78, 5) is 27.2. The Morgan fingerprint density at radius 2 is 2.08 bits per heavy atom. The monoisotopic (exact) mass is 492 g/mol. The zero-order valence-electron chi connectivity index (χ0n) is 20.6. The van der Waals surface area contributed by atoms with Gasteiger partial charge in [0.2, 0.25) is 0 Å². The number of β-amino-alcohol motifs (C(OH)–C–C–N with tert-alkyl or cyclic N) is 1. The van der Waals surface area contributed by atoms with Crippen molar-refractivity contribution < 1.29 is 28.6 Å². The summed E-state index contributed by atoms with van der Waals surface area (Å²) in [6.45, 7) is 4.43. The van der Waals surface area contributed by atoms with Crippen LogP contribution in [0.1, 0.15) is 38.5 Å². The molecule has 2 amide bonds. The lowest BCUT2D eigenvalue weighted by molar-refractivity contribution is -0.0215. The van der Waals surface area contributed by atoms with Crippen LogP contribution < -0.4 is 10.1 Å². The largest absolute Gasteiger partial charge is 0.460 e. The highest BCUT2D eigenvalue weighted by atomic mass is 16.5. The fraction of sp³-hybridized carbons (Fsp3) is 0.346. The molecule has 1 aromatic carbocycles. The first kappa shape index (κ1) is 23.8. The molecule has 1 saturated heterocycles. The average Bonchev–Trinajstić information content (AvgIpc) is 3.51. The van der Waals surface area contributed by atoms with Crippen molar-refractivity contribution >= 4 is 28.3 Å². The molecule has 2 N–H and O–H groups in total. The zero-order valence-corrected chi connectivity index (χ0v) is 20.6. The van der Waals surface area contributed by atoms with Crippen molar-refractivity contribution in [1.82, 2.24) is 19.8 Å². The highest BCUT2D eigenvalue weighted by molar-refractivity contribution is 6.07. The summed E-state index contributed by atoms with van der Waals surface area (Å²) in [7, 11) is 3.11. The van der Waals surface area contributed by atoms with Crippen LogP contribution in [-0.4, -0.2) is 70.9 Å². The maximum absolute atomic E-state index is 13.3. The Kier molecular flexibility index (Phi) is 5.93. The van der Waals surface area contributed by atoms with Gasteiger partial charge in [-0.1, -0.05) is 0 Å². The van der Waals surface area contributed by atoms with E-state index in [-0.39, 0.29) is 25.0 Å². The van der Waals surface area contributed by atoms with E-state index < -0.39 is 5.60 Å². The summed E-state index contributed by atoms with van der Waals surface area (Å²) in [6.07, 6.45) is 3.74. The van der Waals surface area contributed by atoms with Gasteiger partial charge in [-0.05, 0) is 38.0 Å². The van der Waals surface area contributed by atoms with Crippen LogP contribution in [0.4, 0.5) is 0 Å². The van der Waals surface area contributed by atoms with Gasteiger partial charge in [0, 0.05) is 44.4 Å². The molecule has 0 aliphatic carbocycles. The molecule has 10 heteroatoms. The van der Waals surface area contributed by atoms with Crippen molar-refractivity contribution in [3.63, 3.8) is 0 Å². The van der Waals surface area contributed by atoms with Crippen molar-refractivity contribution in [3.05, 3.63) is 59.1 Å². The van der Waals surface area contributed by atoms with Gasteiger partial charge in [-0.25, -0.2) is 4.52 Å². The second kappa shape index (κ2) is 8.96. The summed E-state index contributed by atoms with van der Waals surface area (Å²) in [5.74, 6) is 1.18. The third kappa shape index (κ3) is 3.98. The van der Waals surface area contributed by atoms with Crippen LogP contribution in [0.2, 0.25) is 0 Å². The number of aromatic nitrogens is 2. The first-order chi connectivity index (χ1) is 17.2. The number of likely N-dealkylation sites (tertiary alicyclic amines) is 1. The fourth-order valence-corrected chi connectivity index (χ4v) is 4.91. The van der Waals surface area contributed by atoms with Gasteiger partial charge in [-0.15, -0.1) is 0 Å². The first-order valence-electron chi connectivity index (χ1n) is 11.7. The van der Waals surface area contributed by atoms with Crippen LogP contribution in [0, 0.1) is 13.8 Å². The Bertz CT molecular complexity index is 1490. The third-order valence-corrected chi connectivity index (χ3v) is 6.67. The molecule has 1 aliphatic heterocycles. The number of ether oxygens (including phenoxy) is 2. The van der Waals surface area contributed by atoms with Crippen molar-refractivity contribution in [2.45, 2.75) is 25.9 Å². The van der Waals surface area contributed by atoms with Crippen LogP contribution in [0.5, 0.6) is 11.5 Å². The Morgan fingerprint density at radius 3 is 2.83 bits per heavy atom. The molecule has 0 radical (unpaired) electrons. The molecule has 0 spiro atoms. The number of furan rings is 1. The molecule has 5 rings (SSSR count). The average molecular weight is 493 g/mol. The third-order valence-electron chi connectivity index (χ3n) is 6.67. The van der Waals surface area contributed by atoms with Crippen LogP contribution in [0.3, 0.4) is 0 Å². The molecular weight excluding hydrogens is 464 g/mol. The second-order valence-corrected chi connectivity index (χ2v) is 9.16. The Balaban J connectivity index is 1.46. The molecule has 0 bridgehead atoms. The molecule has 188 valence electrons. The summed E-state index contributed by atoms with van der Waals surface area (Å²) in [5, 5.41) is 18.3. The molecule has 1 fully saturated rings. The van der Waals surface area contributed by atoms with E-state index in [4.69, 9.17) is 13.9 Å². The minimum atomic E-state index is -1.04. The molecular formula is C26H28N4O6. The van der Waals surface area contributed by atoms with E-state index in [1.165, 1.54) is 7.11 Å². The number of nitrogens with zero attached hydrogens (tertiary/aromatic N) is 3. The summed E-state index contributed by atoms with van der Waals surface area (Å²) < 4.78 is 18.7. The number of nitrogens with one attached hydrogen (secondary N) is 1. The second-order valence-electron chi connectivity index (χ2n) is 9.16. The van der Waals surface area contributed by atoms with Gasteiger partial charge in [-0.2, -0.15) is 5.10 Å². The number of aliphatic hydroxyl groups is 1. The smallest absolute Gasteiger partial charge is 0.255 e. The lowest BCUT2D eigenvalue weighted by Crippen LogP contribution is -2.39. The molecule has 1 aliphatic rings. The van der Waals surface area contributed by atoms with E-state index in [9.17, 15) is 14.7 Å². The molecule has 4 aromatic rings. The van der Waals surface area contributed by atoms with Crippen molar-refractivity contribution in [1.29, 1.82) is 0 Å². The Morgan fingerprint density at radius 1 is 1.28 bits per heavy atom. The normalized spacial score (nSPS) is 17.8. The van der Waals surface area contributed by atoms with E-state index in [0.29, 0.717) is 57.8 Å². The number of benzene rings is 1. The lowest BCUT2D eigenvalue weighted by Gasteiger charge is -2.22. The van der Waals surface area contributed by atoms with Crippen LogP contribution in [-0.2, 0) is 4.74 Å². The summed E-state index contributed by atoms with van der Waals surface area (Å²) >= 11 is 0. The predicted octanol–water partition coefficient (Wildman–Crippen LogP) is 3.07. The van der Waals surface area contributed by atoms with Crippen LogP contribution in [0.15, 0.2) is 41.1 Å². The highest BCUT2D eigenvalue weighted by Gasteiger charge is 2.39. The number of carbonyl (C=O) groups is 2. The number of fused-ring (bicyclic) bond motifs is 2. The molecule has 0 saturated carbocycles. The number of amides is 2. The zero-order chi connectivity index (χ0) is 25.6. The summed E-state index contributed by atoms with van der Waals surface area (Å²) in [6, 6.07) is 7.03. The standard InChI is InChI=1S/C26H28N4O6/c1-15-19(25(32)29-10-8-26(33,13-29)14-34-4)12-30-23(15)20(7-9-28-30)36-17-5-6-18-21(11-17)35-16(2)22(18)24(31)27-3/h5-7,9,11-12,33H,8,10,13-14H2,1-4H3,(H,27,31)/t26-/m1/s1. The fourth-order valence-electron chi connectivity index (χ4n) is 4.91. The van der Waals surface area contributed by atoms with Crippen molar-refractivity contribution in [2.24, 2.45) is 0 Å². The quantitative estimate of drug-likeness (QED) is 0.425. The minimum Gasteiger partial charge on any atom is -0.460 e. The predicted molar refractivity (Wildman–Crippen MR) is 132 cm³/mol. The molecule has 0 unspecified atom stereocenters. The van der Waals surface area contributed by atoms with Gasteiger partial charge in [0.25, 0.3) is 11.8 Å². The number of carbonyl (C=O) groups excluding carboxylic acids is 2. The van der Waals surface area contributed by atoms with E-state index in [1.54, 1.807) is 60.0 Å². The first-order valence-corrected chi connectivity index (χ1v) is 11.7. The molecule has 1 atom stereocenters. The topological polar surface area (TPSA) is 119 Å². The maximum Gasteiger partial charge on any atom is 0.255 e. The summed E-state index contributed by atoms with van der Waals surface area (Å²) in [5.41, 5.74) is 1.87. The SMILES string of the molecule is CNC(=O)c1c(C)oc2cc(Oc3ccnn4cc(C(=O)N5CC[C@](O)(COC)C5)c(C)c34)ccc12. The van der Waals surface area contributed by atoms with Gasteiger partial charge < -0.3 is 29.2 Å². The van der Waals surface area contributed by atoms with Gasteiger partial charge in [0.1, 0.15) is 28.2 Å². The number of hydrogen-bond donors (Lipinski definition) is 2. The molecule has 36 heavy (non-hydrogen) atoms. The van der Waals surface area contributed by atoms with E-state index in [0.717, 1.165) is 5.56 Å². The number of hydrogen-bond acceptors (Lipinski definition) is 7. The Hall–Kier alpha value is -3.89. The van der Waals surface area contributed by atoms with E-state index in [2.05, 4.69) is 10.4 Å². The maximum atomic E-state index is 13.3. The van der Waals surface area contributed by atoms with Crippen LogP contribution >= 0.6 is 0 Å². The number of rotatable bonds is 6. The van der Waals surface area contributed by atoms with Gasteiger partial charge in [-0.3, -0.25) is 9.59 Å². The molecule has 4 heterocycles. The molecule has 3 aromatic heterocycles. The van der Waals surface area contributed by atoms with Gasteiger partial charge in [0.05, 0.1) is 30.5 Å². The van der Waals surface area contributed by atoms with Gasteiger partial charge >= 0.3 is 0 Å². The number of aryl methyl sites for hydroxylation is 2. The van der Waals surface area contributed by atoms with E-state index >= 15 is 0 Å². The minimum absolute atomic E-state index is 0.176. The number of methoxy groups -OCH3 is 1. The van der Waals surface area contributed by atoms with E-state index in [1.807, 2.05) is 6.92 Å². The highest BCUT2D eigenvalue weighted by Crippen LogP contribution is 2.34. The van der Waals surface area contributed by atoms with Gasteiger partial charge in [0.15, 0.2) is 5.75 Å². The van der Waals surface area contributed by atoms with Crippen molar-refractivity contribution in [2.75, 3.05) is 33.9 Å². The Labute approximate surface area is 207 Å². The van der Waals surface area contributed by atoms with Crippen LogP contribution in [0.25, 0.3) is 16.5 Å².